The fraction of sp³-hybridized carbons (Fsp3) is 0.500. The first kappa shape index (κ1) is 14.8. The van der Waals surface area contributed by atoms with Gasteiger partial charge in [0.15, 0.2) is 0 Å². The van der Waals surface area contributed by atoms with E-state index in [1.165, 1.54) is 7.11 Å². The smallest absolute Gasteiger partial charge is 0.380 e. The molecule has 0 bridgehead atoms. The Labute approximate surface area is 103 Å². The standard InChI is InChI=1S/C12H15F4NO/c1-7(8(2)18-3)17-11-6-9(12(14,15)16)4-5-10(11)13/h4-8,17H,1-3H3. The summed E-state index contributed by atoms with van der Waals surface area (Å²) in [4.78, 5) is 0. The Bertz CT molecular complexity index is 406. The first-order chi connectivity index (χ1) is 8.25. The summed E-state index contributed by atoms with van der Waals surface area (Å²) in [5, 5.41) is 2.67. The van der Waals surface area contributed by atoms with E-state index in [9.17, 15) is 17.6 Å². The maximum absolute atomic E-state index is 13.4. The van der Waals surface area contributed by atoms with Crippen molar-refractivity contribution in [1.82, 2.24) is 0 Å². The zero-order valence-corrected chi connectivity index (χ0v) is 10.3. The highest BCUT2D eigenvalue weighted by Gasteiger charge is 2.31. The van der Waals surface area contributed by atoms with Gasteiger partial charge in [0.25, 0.3) is 0 Å². The summed E-state index contributed by atoms with van der Waals surface area (Å²) in [5.74, 6) is -0.724. The van der Waals surface area contributed by atoms with Gasteiger partial charge in [-0.05, 0) is 32.0 Å². The second-order valence-electron chi connectivity index (χ2n) is 4.07. The molecule has 2 nitrogen and oxygen atoms in total. The third kappa shape index (κ3) is 3.60. The Morgan fingerprint density at radius 3 is 2.33 bits per heavy atom. The van der Waals surface area contributed by atoms with Crippen LogP contribution in [0.2, 0.25) is 0 Å². The van der Waals surface area contributed by atoms with Crippen molar-refractivity contribution in [2.24, 2.45) is 0 Å². The maximum Gasteiger partial charge on any atom is 0.416 e. The zero-order chi connectivity index (χ0) is 13.9. The molecule has 0 saturated heterocycles. The SMILES string of the molecule is COC(C)C(C)Nc1cc(C(F)(F)F)ccc1F. The Hall–Kier alpha value is -1.30. The van der Waals surface area contributed by atoms with Gasteiger partial charge in [0.05, 0.1) is 17.4 Å². The Kier molecular flexibility index (Phi) is 4.56. The average Bonchev–Trinajstić information content (AvgIpc) is 2.29. The number of anilines is 1. The molecule has 2 unspecified atom stereocenters. The van der Waals surface area contributed by atoms with Crippen LogP contribution in [0.25, 0.3) is 0 Å². The van der Waals surface area contributed by atoms with Gasteiger partial charge < -0.3 is 10.1 Å². The number of halogens is 4. The number of hydrogen-bond donors (Lipinski definition) is 1. The predicted octanol–water partition coefficient (Wildman–Crippen LogP) is 3.68. The number of alkyl halides is 3. The van der Waals surface area contributed by atoms with Crippen molar-refractivity contribution in [2.45, 2.75) is 32.2 Å². The molecule has 0 fully saturated rings. The number of ether oxygens (including phenoxy) is 1. The van der Waals surface area contributed by atoms with Crippen molar-refractivity contribution < 1.29 is 22.3 Å². The van der Waals surface area contributed by atoms with Crippen LogP contribution in [0.5, 0.6) is 0 Å². The van der Waals surface area contributed by atoms with E-state index >= 15 is 0 Å². The van der Waals surface area contributed by atoms with Gasteiger partial charge in [0.2, 0.25) is 0 Å². The molecule has 0 aliphatic rings. The van der Waals surface area contributed by atoms with E-state index < -0.39 is 17.6 Å². The number of rotatable bonds is 4. The lowest BCUT2D eigenvalue weighted by Gasteiger charge is -2.22. The minimum atomic E-state index is -4.49. The third-order valence-corrected chi connectivity index (χ3v) is 2.75. The summed E-state index contributed by atoms with van der Waals surface area (Å²) < 4.78 is 55.9. The molecule has 0 aliphatic carbocycles. The van der Waals surface area contributed by atoms with Gasteiger partial charge in [-0.15, -0.1) is 0 Å². The molecule has 6 heteroatoms. The maximum atomic E-state index is 13.4. The van der Waals surface area contributed by atoms with E-state index in [-0.39, 0.29) is 17.8 Å². The van der Waals surface area contributed by atoms with Gasteiger partial charge in [-0.3, -0.25) is 0 Å². The van der Waals surface area contributed by atoms with Crippen LogP contribution in [0.1, 0.15) is 19.4 Å². The van der Waals surface area contributed by atoms with Crippen LogP contribution in [0.4, 0.5) is 23.2 Å². The lowest BCUT2D eigenvalue weighted by Crippen LogP contribution is -2.30. The summed E-state index contributed by atoms with van der Waals surface area (Å²) in [6.45, 7) is 3.44. The van der Waals surface area contributed by atoms with Crippen LogP contribution < -0.4 is 5.32 Å². The van der Waals surface area contributed by atoms with E-state index in [4.69, 9.17) is 4.74 Å². The lowest BCUT2D eigenvalue weighted by atomic mass is 10.1. The third-order valence-electron chi connectivity index (χ3n) is 2.75. The number of hydrogen-bond acceptors (Lipinski definition) is 2. The van der Waals surface area contributed by atoms with Gasteiger partial charge in [0.1, 0.15) is 5.82 Å². The monoisotopic (exact) mass is 265 g/mol. The summed E-state index contributed by atoms with van der Waals surface area (Å²) in [5.41, 5.74) is -1.06. The molecule has 0 aromatic heterocycles. The van der Waals surface area contributed by atoms with Crippen LogP contribution >= 0.6 is 0 Å². The highest BCUT2D eigenvalue weighted by molar-refractivity contribution is 5.48. The van der Waals surface area contributed by atoms with Gasteiger partial charge in [-0.2, -0.15) is 13.2 Å². The van der Waals surface area contributed by atoms with Gasteiger partial charge >= 0.3 is 6.18 Å². The fourth-order valence-electron chi connectivity index (χ4n) is 1.38. The van der Waals surface area contributed by atoms with Gasteiger partial charge in [-0.25, -0.2) is 4.39 Å². The normalized spacial score (nSPS) is 15.3. The highest BCUT2D eigenvalue weighted by Crippen LogP contribution is 2.32. The van der Waals surface area contributed by atoms with Crippen LogP contribution in [0.15, 0.2) is 18.2 Å². The lowest BCUT2D eigenvalue weighted by molar-refractivity contribution is -0.137. The highest BCUT2D eigenvalue weighted by atomic mass is 19.4. The van der Waals surface area contributed by atoms with Crippen molar-refractivity contribution in [3.8, 4) is 0 Å². The van der Waals surface area contributed by atoms with Crippen molar-refractivity contribution in [3.05, 3.63) is 29.6 Å². The van der Waals surface area contributed by atoms with Crippen LogP contribution in [-0.4, -0.2) is 19.3 Å². The molecule has 1 rings (SSSR count). The molecule has 102 valence electrons. The summed E-state index contributed by atoms with van der Waals surface area (Å²) in [6.07, 6.45) is -4.74. The first-order valence-electron chi connectivity index (χ1n) is 5.41. The Morgan fingerprint density at radius 1 is 1.22 bits per heavy atom. The molecule has 0 amide bonds. The Morgan fingerprint density at radius 2 is 1.83 bits per heavy atom. The molecular weight excluding hydrogens is 250 g/mol. The summed E-state index contributed by atoms with van der Waals surface area (Å²) in [7, 11) is 1.48. The van der Waals surface area contributed by atoms with Crippen LogP contribution in [0.3, 0.4) is 0 Å². The second-order valence-corrected chi connectivity index (χ2v) is 4.07. The number of methoxy groups -OCH3 is 1. The molecule has 0 saturated carbocycles. The minimum absolute atomic E-state index is 0.179. The minimum Gasteiger partial charge on any atom is -0.380 e. The van der Waals surface area contributed by atoms with Gasteiger partial charge in [-0.1, -0.05) is 0 Å². The first-order valence-corrected chi connectivity index (χ1v) is 5.41. The van der Waals surface area contributed by atoms with Crippen molar-refractivity contribution in [1.29, 1.82) is 0 Å². The van der Waals surface area contributed by atoms with E-state index in [0.717, 1.165) is 12.1 Å². The van der Waals surface area contributed by atoms with E-state index in [2.05, 4.69) is 5.32 Å². The van der Waals surface area contributed by atoms with E-state index in [1.54, 1.807) is 13.8 Å². The quantitative estimate of drug-likeness (QED) is 0.838. The van der Waals surface area contributed by atoms with E-state index in [0.29, 0.717) is 6.07 Å². The predicted molar refractivity (Wildman–Crippen MR) is 61.0 cm³/mol. The van der Waals surface area contributed by atoms with Crippen LogP contribution in [0, 0.1) is 5.82 Å². The molecule has 2 atom stereocenters. The Balaban J connectivity index is 2.95. The summed E-state index contributed by atoms with van der Waals surface area (Å²) in [6, 6.07) is 1.96. The molecule has 0 heterocycles. The molecule has 1 aromatic carbocycles. The van der Waals surface area contributed by atoms with Gasteiger partial charge in [0, 0.05) is 13.2 Å². The largest absolute Gasteiger partial charge is 0.416 e. The summed E-state index contributed by atoms with van der Waals surface area (Å²) >= 11 is 0. The molecule has 18 heavy (non-hydrogen) atoms. The molecular formula is C12H15F4NO. The zero-order valence-electron chi connectivity index (χ0n) is 10.3. The number of nitrogens with one attached hydrogen (secondary N) is 1. The van der Waals surface area contributed by atoms with Crippen molar-refractivity contribution in [2.75, 3.05) is 12.4 Å². The molecule has 1 aromatic rings. The number of benzene rings is 1. The van der Waals surface area contributed by atoms with Crippen molar-refractivity contribution >= 4 is 5.69 Å². The molecule has 1 N–H and O–H groups in total. The second kappa shape index (κ2) is 5.56. The molecule has 0 radical (unpaired) electrons. The molecule has 0 spiro atoms. The molecule has 0 aliphatic heterocycles. The fourth-order valence-corrected chi connectivity index (χ4v) is 1.38. The topological polar surface area (TPSA) is 21.3 Å². The van der Waals surface area contributed by atoms with Crippen molar-refractivity contribution in [3.63, 3.8) is 0 Å². The van der Waals surface area contributed by atoms with Crippen LogP contribution in [-0.2, 0) is 10.9 Å². The average molecular weight is 265 g/mol. The van der Waals surface area contributed by atoms with E-state index in [1.807, 2.05) is 0 Å².